The molecule has 0 amide bonds. The maximum atomic E-state index is 11.9. The summed E-state index contributed by atoms with van der Waals surface area (Å²) in [6.45, 7) is 1.80. The summed E-state index contributed by atoms with van der Waals surface area (Å²) in [7, 11) is 0. The first kappa shape index (κ1) is 23.0. The van der Waals surface area contributed by atoms with E-state index in [4.69, 9.17) is 10.2 Å². The Bertz CT molecular complexity index is 602. The molecule has 0 fully saturated rings. The number of aliphatic carboxylic acids is 2. The van der Waals surface area contributed by atoms with E-state index < -0.39 is 67.9 Å². The van der Waals surface area contributed by atoms with Crippen molar-refractivity contribution < 1.29 is 48.5 Å². The van der Waals surface area contributed by atoms with E-state index in [9.17, 15) is 28.8 Å². The minimum absolute atomic E-state index is 0.216. The highest BCUT2D eigenvalue weighted by Crippen LogP contribution is 2.10. The first-order chi connectivity index (χ1) is 12.1. The molecule has 0 saturated carbocycles. The van der Waals surface area contributed by atoms with Gasteiger partial charge in [-0.3, -0.25) is 24.0 Å². The second kappa shape index (κ2) is 12.3. The van der Waals surface area contributed by atoms with Gasteiger partial charge in [0, 0.05) is 5.57 Å². The Hall–Kier alpha value is -3.04. The van der Waals surface area contributed by atoms with E-state index in [-0.39, 0.29) is 5.57 Å². The van der Waals surface area contributed by atoms with Crippen LogP contribution in [-0.4, -0.2) is 46.0 Å². The molecule has 0 spiro atoms. The summed E-state index contributed by atoms with van der Waals surface area (Å²) in [6, 6.07) is 0. The molecular formula is C16H20O10. The van der Waals surface area contributed by atoms with Gasteiger partial charge in [-0.1, -0.05) is 19.4 Å². The minimum atomic E-state index is -1.24. The first-order valence-electron chi connectivity index (χ1n) is 7.76. The lowest BCUT2D eigenvalue weighted by molar-refractivity contribution is -0.163. The molecule has 26 heavy (non-hydrogen) atoms. The van der Waals surface area contributed by atoms with Crippen LogP contribution in [0, 0.1) is 0 Å². The second-order valence-electron chi connectivity index (χ2n) is 5.09. The van der Waals surface area contributed by atoms with Crippen LogP contribution >= 0.6 is 0 Å². The van der Waals surface area contributed by atoms with E-state index in [1.807, 2.05) is 0 Å². The standard InChI is InChI=1S/C16H20O10/c1-2-3-4-10(16(24)26-14(22)8-6-12(19)20)9-15(23)25-13(21)7-5-11(17)18/h4H,2-3,5-9H2,1H3,(H,17,18)(H,19,20). The van der Waals surface area contributed by atoms with Gasteiger partial charge in [-0.25, -0.2) is 4.79 Å². The fourth-order valence-electron chi connectivity index (χ4n) is 1.55. The van der Waals surface area contributed by atoms with Crippen molar-refractivity contribution in [1.82, 2.24) is 0 Å². The smallest absolute Gasteiger partial charge is 0.341 e. The van der Waals surface area contributed by atoms with E-state index in [1.165, 1.54) is 6.08 Å². The molecule has 0 unspecified atom stereocenters. The average molecular weight is 372 g/mol. The number of carboxylic acids is 2. The Morgan fingerprint density at radius 2 is 1.27 bits per heavy atom. The molecule has 0 bridgehead atoms. The van der Waals surface area contributed by atoms with Gasteiger partial charge in [-0.15, -0.1) is 0 Å². The minimum Gasteiger partial charge on any atom is -0.481 e. The third-order valence-electron chi connectivity index (χ3n) is 2.80. The maximum Gasteiger partial charge on any atom is 0.341 e. The third-order valence-corrected chi connectivity index (χ3v) is 2.80. The van der Waals surface area contributed by atoms with E-state index >= 15 is 0 Å². The van der Waals surface area contributed by atoms with Crippen LogP contribution in [0.15, 0.2) is 11.6 Å². The van der Waals surface area contributed by atoms with Crippen LogP contribution in [0.2, 0.25) is 0 Å². The number of allylic oxidation sites excluding steroid dienone is 1. The van der Waals surface area contributed by atoms with Gasteiger partial charge in [0.05, 0.1) is 32.1 Å². The molecule has 0 aliphatic heterocycles. The Morgan fingerprint density at radius 3 is 1.73 bits per heavy atom. The molecule has 0 saturated heterocycles. The summed E-state index contributed by atoms with van der Waals surface area (Å²) in [5.41, 5.74) is -0.216. The molecule has 10 nitrogen and oxygen atoms in total. The highest BCUT2D eigenvalue weighted by molar-refractivity contribution is 6.00. The number of hydrogen-bond donors (Lipinski definition) is 2. The topological polar surface area (TPSA) is 161 Å². The quantitative estimate of drug-likeness (QED) is 0.303. The van der Waals surface area contributed by atoms with Gasteiger partial charge in [-0.2, -0.15) is 0 Å². The second-order valence-corrected chi connectivity index (χ2v) is 5.09. The van der Waals surface area contributed by atoms with Crippen molar-refractivity contribution in [2.75, 3.05) is 0 Å². The fraction of sp³-hybridized carbons (Fsp3) is 0.500. The monoisotopic (exact) mass is 372 g/mol. The van der Waals surface area contributed by atoms with Crippen molar-refractivity contribution in [3.05, 3.63) is 11.6 Å². The molecule has 2 N–H and O–H groups in total. The summed E-state index contributed by atoms with van der Waals surface area (Å²) in [5, 5.41) is 16.9. The molecule has 0 aromatic carbocycles. The van der Waals surface area contributed by atoms with E-state index in [0.717, 1.165) is 0 Å². The summed E-state index contributed by atoms with van der Waals surface area (Å²) in [4.78, 5) is 67.0. The molecule has 0 aromatic heterocycles. The van der Waals surface area contributed by atoms with Crippen molar-refractivity contribution in [3.8, 4) is 0 Å². The Morgan fingerprint density at radius 1 is 0.769 bits per heavy atom. The van der Waals surface area contributed by atoms with Crippen molar-refractivity contribution >= 4 is 35.8 Å². The molecule has 0 aliphatic rings. The number of carboxylic acid groups (broad SMARTS) is 2. The predicted molar refractivity (Wildman–Crippen MR) is 83.5 cm³/mol. The summed E-state index contributed by atoms with van der Waals surface area (Å²) < 4.78 is 8.86. The SMILES string of the molecule is CCCC=C(CC(=O)OC(=O)CCC(=O)O)C(=O)OC(=O)CCC(=O)O. The van der Waals surface area contributed by atoms with Gasteiger partial charge in [0.15, 0.2) is 0 Å². The Kier molecular flexibility index (Phi) is 10.9. The summed E-state index contributed by atoms with van der Waals surface area (Å²) >= 11 is 0. The van der Waals surface area contributed by atoms with Gasteiger partial charge < -0.3 is 19.7 Å². The molecule has 0 atom stereocenters. The largest absolute Gasteiger partial charge is 0.481 e. The molecule has 144 valence electrons. The number of carbonyl (C=O) groups is 6. The number of rotatable bonds is 11. The molecule has 0 aromatic rings. The molecule has 0 radical (unpaired) electrons. The third kappa shape index (κ3) is 11.5. The number of hydrogen-bond acceptors (Lipinski definition) is 8. The van der Waals surface area contributed by atoms with E-state index in [2.05, 4.69) is 9.47 Å². The molecule has 10 heteroatoms. The summed E-state index contributed by atoms with van der Waals surface area (Å²) in [5.74, 6) is -6.83. The van der Waals surface area contributed by atoms with Crippen LogP contribution in [0.3, 0.4) is 0 Å². The molecule has 0 heterocycles. The summed E-state index contributed by atoms with van der Waals surface area (Å²) in [6.07, 6.45) is -0.345. The van der Waals surface area contributed by atoms with Crippen LogP contribution in [0.25, 0.3) is 0 Å². The van der Waals surface area contributed by atoms with Gasteiger partial charge in [0.1, 0.15) is 0 Å². The van der Waals surface area contributed by atoms with E-state index in [0.29, 0.717) is 12.8 Å². The van der Waals surface area contributed by atoms with Gasteiger partial charge in [-0.05, 0) is 6.42 Å². The molecule has 0 aliphatic carbocycles. The lowest BCUT2D eigenvalue weighted by Crippen LogP contribution is -2.19. The van der Waals surface area contributed by atoms with Crippen LogP contribution in [0.4, 0.5) is 0 Å². The Labute approximate surface area is 148 Å². The molecular weight excluding hydrogens is 352 g/mol. The van der Waals surface area contributed by atoms with E-state index in [1.54, 1.807) is 6.92 Å². The van der Waals surface area contributed by atoms with Crippen molar-refractivity contribution in [2.45, 2.75) is 51.9 Å². The van der Waals surface area contributed by atoms with Crippen molar-refractivity contribution in [3.63, 3.8) is 0 Å². The van der Waals surface area contributed by atoms with Crippen molar-refractivity contribution in [2.24, 2.45) is 0 Å². The van der Waals surface area contributed by atoms with Gasteiger partial charge in [0.25, 0.3) is 0 Å². The average Bonchev–Trinajstić information content (AvgIpc) is 2.54. The zero-order chi connectivity index (χ0) is 20.1. The van der Waals surface area contributed by atoms with Crippen LogP contribution in [0.1, 0.15) is 51.9 Å². The number of ether oxygens (including phenoxy) is 2. The lowest BCUT2D eigenvalue weighted by atomic mass is 10.1. The van der Waals surface area contributed by atoms with Crippen LogP contribution in [0.5, 0.6) is 0 Å². The molecule has 0 rings (SSSR count). The van der Waals surface area contributed by atoms with Crippen LogP contribution < -0.4 is 0 Å². The number of unbranched alkanes of at least 4 members (excludes halogenated alkanes) is 1. The normalized spacial score (nSPS) is 10.7. The number of esters is 4. The lowest BCUT2D eigenvalue weighted by Gasteiger charge is -2.07. The highest BCUT2D eigenvalue weighted by Gasteiger charge is 2.21. The zero-order valence-corrected chi connectivity index (χ0v) is 14.2. The predicted octanol–water partition coefficient (Wildman–Crippen LogP) is 0.972. The fourth-order valence-corrected chi connectivity index (χ4v) is 1.55. The number of carbonyl (C=O) groups excluding carboxylic acids is 4. The zero-order valence-electron chi connectivity index (χ0n) is 14.2. The maximum absolute atomic E-state index is 11.9. The Balaban J connectivity index is 4.73. The van der Waals surface area contributed by atoms with Gasteiger partial charge in [0.2, 0.25) is 0 Å². The van der Waals surface area contributed by atoms with Gasteiger partial charge >= 0.3 is 35.8 Å². The van der Waals surface area contributed by atoms with Crippen molar-refractivity contribution in [1.29, 1.82) is 0 Å². The highest BCUT2D eigenvalue weighted by atomic mass is 16.6. The first-order valence-corrected chi connectivity index (χ1v) is 7.76. The van der Waals surface area contributed by atoms with Crippen LogP contribution in [-0.2, 0) is 38.2 Å².